The molecule has 168 valence electrons. The van der Waals surface area contributed by atoms with Gasteiger partial charge in [-0.15, -0.1) is 0 Å². The second-order valence-electron chi connectivity index (χ2n) is 8.71. The van der Waals surface area contributed by atoms with Crippen LogP contribution in [0.15, 0.2) is 46.9 Å². The predicted molar refractivity (Wildman–Crippen MR) is 125 cm³/mol. The maximum Gasteiger partial charge on any atom is 0.253 e. The third kappa shape index (κ3) is 5.18. The van der Waals surface area contributed by atoms with Crippen molar-refractivity contribution in [2.45, 2.75) is 46.0 Å². The number of benzene rings is 2. The fraction of sp³-hybridized carbons (Fsp3) is 0.423. The lowest BCUT2D eigenvalue weighted by Gasteiger charge is -2.31. The third-order valence-electron chi connectivity index (χ3n) is 6.16. The molecule has 0 aliphatic carbocycles. The lowest BCUT2D eigenvalue weighted by molar-refractivity contribution is -0.122. The first-order valence-corrected chi connectivity index (χ1v) is 11.6. The smallest absolute Gasteiger partial charge is 0.253 e. The number of hydrogen-bond donors (Lipinski definition) is 1. The van der Waals surface area contributed by atoms with Crippen LogP contribution in [0.1, 0.15) is 54.9 Å². The number of carbonyl (C=O) groups is 2. The molecule has 1 aromatic heterocycles. The number of unbranched alkanes of at least 4 members (excludes halogenated alkanes) is 1. The average Bonchev–Trinajstić information content (AvgIpc) is 3.23. The summed E-state index contributed by atoms with van der Waals surface area (Å²) in [6.07, 6.45) is 4.36. The number of nitrogens with one attached hydrogen (secondary N) is 1. The van der Waals surface area contributed by atoms with Gasteiger partial charge in [-0.05, 0) is 62.4 Å². The number of fused-ring (bicyclic) bond motifs is 1. The van der Waals surface area contributed by atoms with Crippen molar-refractivity contribution in [2.24, 2.45) is 5.92 Å². The molecule has 6 nitrogen and oxygen atoms in total. The highest BCUT2D eigenvalue weighted by Crippen LogP contribution is 2.27. The molecule has 6 heteroatoms. The summed E-state index contributed by atoms with van der Waals surface area (Å²) in [6.45, 7) is 6.26. The maximum atomic E-state index is 13.0. The monoisotopic (exact) mass is 433 g/mol. The van der Waals surface area contributed by atoms with Crippen LogP contribution >= 0.6 is 0 Å². The molecule has 1 aliphatic heterocycles. The number of nitrogens with zero attached hydrogens (tertiary/aromatic N) is 2. The molecular weight excluding hydrogens is 402 g/mol. The van der Waals surface area contributed by atoms with Gasteiger partial charge in [0.2, 0.25) is 11.8 Å². The number of piperidine rings is 1. The van der Waals surface area contributed by atoms with E-state index in [1.165, 1.54) is 5.56 Å². The Labute approximate surface area is 189 Å². The Kier molecular flexibility index (Phi) is 6.88. The zero-order valence-electron chi connectivity index (χ0n) is 18.9. The van der Waals surface area contributed by atoms with E-state index in [9.17, 15) is 9.59 Å². The predicted octanol–water partition coefficient (Wildman–Crippen LogP) is 4.96. The minimum absolute atomic E-state index is 0.00559. The van der Waals surface area contributed by atoms with E-state index in [0.717, 1.165) is 43.3 Å². The van der Waals surface area contributed by atoms with Crippen molar-refractivity contribution in [3.63, 3.8) is 0 Å². The summed E-state index contributed by atoms with van der Waals surface area (Å²) < 4.78 is 5.95. The standard InChI is InChI=1S/C26H31N3O3/c1-3-4-13-27-24(30)16-19-11-14-29(15-12-19)26(31)21-9-10-22-23(17-21)32-25(28-22)20-7-5-18(2)6-8-20/h5-10,17,19H,3-4,11-16H2,1-2H3,(H,27,30). The highest BCUT2D eigenvalue weighted by molar-refractivity contribution is 5.97. The number of hydrogen-bond acceptors (Lipinski definition) is 4. The Balaban J connectivity index is 1.37. The lowest BCUT2D eigenvalue weighted by Crippen LogP contribution is -2.39. The number of oxazole rings is 1. The first-order chi connectivity index (χ1) is 15.5. The van der Waals surface area contributed by atoms with E-state index in [1.807, 2.05) is 48.2 Å². The highest BCUT2D eigenvalue weighted by Gasteiger charge is 2.25. The second kappa shape index (κ2) is 9.98. The van der Waals surface area contributed by atoms with E-state index in [1.54, 1.807) is 6.07 Å². The molecule has 0 spiro atoms. The Morgan fingerprint density at radius 3 is 2.59 bits per heavy atom. The molecule has 0 atom stereocenters. The number of aromatic nitrogens is 1. The van der Waals surface area contributed by atoms with E-state index < -0.39 is 0 Å². The molecule has 3 aromatic rings. The van der Waals surface area contributed by atoms with Gasteiger partial charge in [-0.2, -0.15) is 0 Å². The van der Waals surface area contributed by atoms with Gasteiger partial charge in [0.05, 0.1) is 0 Å². The molecule has 2 amide bonds. The number of rotatable bonds is 7. The summed E-state index contributed by atoms with van der Waals surface area (Å²) in [6, 6.07) is 13.5. The zero-order chi connectivity index (χ0) is 22.5. The first kappa shape index (κ1) is 22.1. The van der Waals surface area contributed by atoms with Gasteiger partial charge in [0.25, 0.3) is 5.91 Å². The summed E-state index contributed by atoms with van der Waals surface area (Å²) in [5.41, 5.74) is 4.06. The van der Waals surface area contributed by atoms with Gasteiger partial charge < -0.3 is 14.6 Å². The number of amides is 2. The van der Waals surface area contributed by atoms with Gasteiger partial charge in [0.15, 0.2) is 5.58 Å². The summed E-state index contributed by atoms with van der Waals surface area (Å²) in [4.78, 5) is 31.5. The van der Waals surface area contributed by atoms with Crippen LogP contribution in [-0.4, -0.2) is 41.3 Å². The summed E-state index contributed by atoms with van der Waals surface area (Å²) in [7, 11) is 0. The van der Waals surface area contributed by atoms with Crippen molar-refractivity contribution in [1.29, 1.82) is 0 Å². The molecule has 0 saturated carbocycles. The molecule has 0 unspecified atom stereocenters. The molecule has 1 fully saturated rings. The normalized spacial score (nSPS) is 14.6. The first-order valence-electron chi connectivity index (χ1n) is 11.6. The van der Waals surface area contributed by atoms with Gasteiger partial charge in [-0.25, -0.2) is 4.98 Å². The van der Waals surface area contributed by atoms with E-state index in [4.69, 9.17) is 4.42 Å². The van der Waals surface area contributed by atoms with Gasteiger partial charge in [-0.3, -0.25) is 9.59 Å². The topological polar surface area (TPSA) is 75.4 Å². The van der Waals surface area contributed by atoms with E-state index in [-0.39, 0.29) is 11.8 Å². The van der Waals surface area contributed by atoms with Crippen LogP contribution in [0.5, 0.6) is 0 Å². The fourth-order valence-corrected chi connectivity index (χ4v) is 4.14. The molecule has 32 heavy (non-hydrogen) atoms. The zero-order valence-corrected chi connectivity index (χ0v) is 18.9. The van der Waals surface area contributed by atoms with Gasteiger partial charge >= 0.3 is 0 Å². The van der Waals surface area contributed by atoms with Gasteiger partial charge in [0.1, 0.15) is 5.52 Å². The van der Waals surface area contributed by atoms with Crippen molar-refractivity contribution in [1.82, 2.24) is 15.2 Å². The SMILES string of the molecule is CCCCNC(=O)CC1CCN(C(=O)c2ccc3nc(-c4ccc(C)cc4)oc3c2)CC1. The van der Waals surface area contributed by atoms with Crippen molar-refractivity contribution < 1.29 is 14.0 Å². The molecular formula is C26H31N3O3. The van der Waals surface area contributed by atoms with Crippen LogP contribution in [0.3, 0.4) is 0 Å². The van der Waals surface area contributed by atoms with Gasteiger partial charge in [-0.1, -0.05) is 31.0 Å². The molecule has 1 saturated heterocycles. The number of carbonyl (C=O) groups excluding carboxylic acids is 2. The maximum absolute atomic E-state index is 13.0. The molecule has 0 radical (unpaired) electrons. The molecule has 0 bridgehead atoms. The Hall–Kier alpha value is -3.15. The Morgan fingerprint density at radius 2 is 1.88 bits per heavy atom. The van der Waals surface area contributed by atoms with Crippen molar-refractivity contribution in [2.75, 3.05) is 19.6 Å². The van der Waals surface area contributed by atoms with Crippen LogP contribution in [0.4, 0.5) is 0 Å². The molecule has 1 aliphatic rings. The quantitative estimate of drug-likeness (QED) is 0.534. The molecule has 4 rings (SSSR count). The second-order valence-corrected chi connectivity index (χ2v) is 8.71. The van der Waals surface area contributed by atoms with Crippen molar-refractivity contribution in [3.05, 3.63) is 53.6 Å². The lowest BCUT2D eigenvalue weighted by atomic mass is 9.93. The Morgan fingerprint density at radius 1 is 1.12 bits per heavy atom. The number of aryl methyl sites for hydroxylation is 1. The highest BCUT2D eigenvalue weighted by atomic mass is 16.3. The third-order valence-corrected chi connectivity index (χ3v) is 6.16. The van der Waals surface area contributed by atoms with E-state index in [2.05, 4.69) is 17.2 Å². The minimum Gasteiger partial charge on any atom is -0.436 e. The van der Waals surface area contributed by atoms with E-state index in [0.29, 0.717) is 42.5 Å². The summed E-state index contributed by atoms with van der Waals surface area (Å²) >= 11 is 0. The summed E-state index contributed by atoms with van der Waals surface area (Å²) in [5.74, 6) is 1.03. The number of likely N-dealkylation sites (tertiary alicyclic amines) is 1. The molecule has 2 aromatic carbocycles. The molecule has 2 heterocycles. The summed E-state index contributed by atoms with van der Waals surface area (Å²) in [5, 5.41) is 2.99. The Bertz CT molecular complexity index is 1080. The van der Waals surface area contributed by atoms with Crippen LogP contribution in [-0.2, 0) is 4.79 Å². The van der Waals surface area contributed by atoms with Crippen LogP contribution in [0.2, 0.25) is 0 Å². The van der Waals surface area contributed by atoms with Crippen molar-refractivity contribution >= 4 is 22.9 Å². The van der Waals surface area contributed by atoms with Crippen molar-refractivity contribution in [3.8, 4) is 11.5 Å². The minimum atomic E-state index is 0.00559. The average molecular weight is 434 g/mol. The van der Waals surface area contributed by atoms with Crippen LogP contribution < -0.4 is 5.32 Å². The van der Waals surface area contributed by atoms with Crippen LogP contribution in [0.25, 0.3) is 22.6 Å². The van der Waals surface area contributed by atoms with Gasteiger partial charge in [0, 0.05) is 37.2 Å². The largest absolute Gasteiger partial charge is 0.436 e. The molecule has 1 N–H and O–H groups in total. The van der Waals surface area contributed by atoms with E-state index >= 15 is 0 Å². The fourth-order valence-electron chi connectivity index (χ4n) is 4.14. The van der Waals surface area contributed by atoms with Crippen LogP contribution in [0, 0.1) is 12.8 Å².